The van der Waals surface area contributed by atoms with Gasteiger partial charge in [-0.2, -0.15) is 11.8 Å². The summed E-state index contributed by atoms with van der Waals surface area (Å²) >= 11 is 2.22. The van der Waals surface area contributed by atoms with Crippen LogP contribution in [0.15, 0.2) is 0 Å². The van der Waals surface area contributed by atoms with E-state index in [0.29, 0.717) is 0 Å². The van der Waals surface area contributed by atoms with Crippen molar-refractivity contribution >= 4 is 11.8 Å². The first-order valence-corrected chi connectivity index (χ1v) is 7.19. The minimum Gasteiger partial charge on any atom is -0.155 e. The van der Waals surface area contributed by atoms with Gasteiger partial charge in [-0.25, -0.2) is 0 Å². The molecule has 0 radical (unpaired) electrons. The fraction of sp³-hybridized carbons (Fsp3) is 1.00. The molecule has 1 atom stereocenters. The Hall–Kier alpha value is 0.350. The second-order valence-corrected chi connectivity index (χ2v) is 7.21. The first-order chi connectivity index (χ1) is 6.59. The Bertz CT molecular complexity index is 147. The van der Waals surface area contributed by atoms with E-state index in [2.05, 4.69) is 39.5 Å². The van der Waals surface area contributed by atoms with Crippen molar-refractivity contribution < 1.29 is 0 Å². The van der Waals surface area contributed by atoms with Crippen LogP contribution in [0.5, 0.6) is 0 Å². The highest BCUT2D eigenvalue weighted by Crippen LogP contribution is 2.42. The van der Waals surface area contributed by atoms with E-state index in [4.69, 9.17) is 0 Å². The number of rotatable bonds is 7. The van der Waals surface area contributed by atoms with Crippen LogP contribution in [0.2, 0.25) is 0 Å². The normalized spacial score (nSPS) is 19.3. The zero-order valence-electron chi connectivity index (χ0n) is 10.3. The van der Waals surface area contributed by atoms with Crippen molar-refractivity contribution in [1.82, 2.24) is 0 Å². The Morgan fingerprint density at radius 1 is 1.07 bits per heavy atom. The predicted molar refractivity (Wildman–Crippen MR) is 67.9 cm³/mol. The summed E-state index contributed by atoms with van der Waals surface area (Å²) in [4.78, 5) is 0. The minimum absolute atomic E-state index is 0.819. The van der Waals surface area contributed by atoms with Crippen LogP contribution in [0, 0.1) is 11.8 Å². The lowest BCUT2D eigenvalue weighted by Gasteiger charge is -2.18. The number of hydrogen-bond donors (Lipinski definition) is 0. The third kappa shape index (κ3) is 5.29. The summed E-state index contributed by atoms with van der Waals surface area (Å²) in [5.41, 5.74) is 0. The molecule has 1 rings (SSSR count). The first-order valence-electron chi connectivity index (χ1n) is 6.25. The molecular weight excluding hydrogens is 188 g/mol. The van der Waals surface area contributed by atoms with Crippen molar-refractivity contribution in [3.8, 4) is 0 Å². The highest BCUT2D eigenvalue weighted by Gasteiger charge is 2.31. The van der Waals surface area contributed by atoms with Gasteiger partial charge >= 0.3 is 0 Å². The van der Waals surface area contributed by atoms with Crippen molar-refractivity contribution in [2.45, 2.75) is 70.3 Å². The van der Waals surface area contributed by atoms with Gasteiger partial charge in [0.05, 0.1) is 0 Å². The van der Waals surface area contributed by atoms with Gasteiger partial charge in [-0.3, -0.25) is 0 Å². The van der Waals surface area contributed by atoms with E-state index < -0.39 is 0 Å². The molecule has 0 unspecified atom stereocenters. The van der Waals surface area contributed by atoms with Crippen LogP contribution in [0.25, 0.3) is 0 Å². The summed E-state index contributed by atoms with van der Waals surface area (Å²) in [6.45, 7) is 9.34. The van der Waals surface area contributed by atoms with Crippen molar-refractivity contribution in [1.29, 1.82) is 0 Å². The lowest BCUT2D eigenvalue weighted by atomic mass is 10.0. The van der Waals surface area contributed by atoms with Crippen molar-refractivity contribution in [3.05, 3.63) is 0 Å². The quantitative estimate of drug-likeness (QED) is 0.590. The molecule has 0 aromatic carbocycles. The molecule has 84 valence electrons. The SMILES string of the molecule is CC(C)CCC[C@@H](SC(C)C)C1CC1. The third-order valence-electron chi connectivity index (χ3n) is 2.86. The summed E-state index contributed by atoms with van der Waals surface area (Å²) in [5, 5.41) is 1.80. The molecule has 1 aliphatic rings. The molecule has 0 bridgehead atoms. The van der Waals surface area contributed by atoms with Gasteiger partial charge in [-0.05, 0) is 36.3 Å². The van der Waals surface area contributed by atoms with E-state index >= 15 is 0 Å². The fourth-order valence-electron chi connectivity index (χ4n) is 1.96. The summed E-state index contributed by atoms with van der Waals surface area (Å²) in [5.74, 6) is 1.97. The molecular formula is C13H26S. The van der Waals surface area contributed by atoms with E-state index in [9.17, 15) is 0 Å². The molecule has 1 aliphatic carbocycles. The lowest BCUT2D eigenvalue weighted by Crippen LogP contribution is -2.09. The van der Waals surface area contributed by atoms with Crippen LogP contribution in [-0.4, -0.2) is 10.5 Å². The summed E-state index contributed by atoms with van der Waals surface area (Å²) < 4.78 is 0. The zero-order valence-corrected chi connectivity index (χ0v) is 11.1. The van der Waals surface area contributed by atoms with Gasteiger partial charge in [0, 0.05) is 5.25 Å². The molecule has 0 aliphatic heterocycles. The molecule has 0 spiro atoms. The van der Waals surface area contributed by atoms with Crippen LogP contribution in [0.4, 0.5) is 0 Å². The van der Waals surface area contributed by atoms with Gasteiger partial charge in [0.15, 0.2) is 0 Å². The van der Waals surface area contributed by atoms with Gasteiger partial charge in [0.25, 0.3) is 0 Å². The number of thioether (sulfide) groups is 1. The zero-order chi connectivity index (χ0) is 10.6. The average molecular weight is 214 g/mol. The smallest absolute Gasteiger partial charge is 0.00779 e. The molecule has 1 heteroatoms. The summed E-state index contributed by atoms with van der Waals surface area (Å²) in [6, 6.07) is 0. The van der Waals surface area contributed by atoms with E-state index in [-0.39, 0.29) is 0 Å². The van der Waals surface area contributed by atoms with E-state index in [1.165, 1.54) is 32.1 Å². The Labute approximate surface area is 94.2 Å². The van der Waals surface area contributed by atoms with E-state index in [1.807, 2.05) is 0 Å². The van der Waals surface area contributed by atoms with Gasteiger partial charge < -0.3 is 0 Å². The summed E-state index contributed by atoms with van der Waals surface area (Å²) in [6.07, 6.45) is 7.34. The molecule has 14 heavy (non-hydrogen) atoms. The maximum atomic E-state index is 2.34. The summed E-state index contributed by atoms with van der Waals surface area (Å²) in [7, 11) is 0. The second-order valence-electron chi connectivity index (χ2n) is 5.39. The number of hydrogen-bond acceptors (Lipinski definition) is 1. The van der Waals surface area contributed by atoms with Crippen LogP contribution < -0.4 is 0 Å². The molecule has 0 amide bonds. The lowest BCUT2D eigenvalue weighted by molar-refractivity contribution is 0.520. The van der Waals surface area contributed by atoms with Gasteiger partial charge in [-0.1, -0.05) is 40.5 Å². The molecule has 0 heterocycles. The molecule has 0 aromatic heterocycles. The standard InChI is InChI=1S/C13H26S/c1-10(2)6-5-7-13(12-8-9-12)14-11(3)4/h10-13H,5-9H2,1-4H3/t13-/m1/s1. The van der Waals surface area contributed by atoms with Crippen molar-refractivity contribution in [3.63, 3.8) is 0 Å². The maximum absolute atomic E-state index is 2.34. The van der Waals surface area contributed by atoms with Gasteiger partial charge in [-0.15, -0.1) is 0 Å². The third-order valence-corrected chi connectivity index (χ3v) is 4.38. The van der Waals surface area contributed by atoms with Crippen molar-refractivity contribution in [2.75, 3.05) is 0 Å². The first kappa shape index (κ1) is 12.4. The van der Waals surface area contributed by atoms with Crippen molar-refractivity contribution in [2.24, 2.45) is 11.8 Å². The maximum Gasteiger partial charge on any atom is 0.00779 e. The Morgan fingerprint density at radius 2 is 1.71 bits per heavy atom. The fourth-order valence-corrected chi connectivity index (χ4v) is 3.46. The van der Waals surface area contributed by atoms with Gasteiger partial charge in [0.1, 0.15) is 0 Å². The predicted octanol–water partition coefficient (Wildman–Crippen LogP) is 4.73. The molecule has 0 N–H and O–H groups in total. The largest absolute Gasteiger partial charge is 0.155 e. The van der Waals surface area contributed by atoms with Crippen LogP contribution >= 0.6 is 11.8 Å². The molecule has 0 saturated heterocycles. The monoisotopic (exact) mass is 214 g/mol. The minimum atomic E-state index is 0.819. The molecule has 1 saturated carbocycles. The molecule has 1 fully saturated rings. The Kier molecular flexibility index (Phi) is 5.36. The van der Waals surface area contributed by atoms with Gasteiger partial charge in [0.2, 0.25) is 0 Å². The Balaban J connectivity index is 2.15. The van der Waals surface area contributed by atoms with Crippen LogP contribution in [0.1, 0.15) is 59.8 Å². The topological polar surface area (TPSA) is 0 Å². The van der Waals surface area contributed by atoms with Crippen LogP contribution in [0.3, 0.4) is 0 Å². The Morgan fingerprint density at radius 3 is 2.14 bits per heavy atom. The molecule has 0 nitrogen and oxygen atoms in total. The van der Waals surface area contributed by atoms with E-state index in [1.54, 1.807) is 0 Å². The highest BCUT2D eigenvalue weighted by molar-refractivity contribution is 8.00. The van der Waals surface area contributed by atoms with E-state index in [0.717, 1.165) is 22.3 Å². The average Bonchev–Trinajstić information content (AvgIpc) is 2.83. The highest BCUT2D eigenvalue weighted by atomic mass is 32.2. The second kappa shape index (κ2) is 6.05. The molecule has 0 aromatic rings. The van der Waals surface area contributed by atoms with Crippen LogP contribution in [-0.2, 0) is 0 Å².